The number of allylic oxidation sites excluding steroid dienone is 2. The highest BCUT2D eigenvalue weighted by Gasteiger charge is 2.17. The van der Waals surface area contributed by atoms with Crippen LogP contribution in [0.2, 0.25) is 0 Å². The summed E-state index contributed by atoms with van der Waals surface area (Å²) >= 11 is 16.9. The van der Waals surface area contributed by atoms with Crippen LogP contribution in [-0.4, -0.2) is 3.79 Å². The van der Waals surface area contributed by atoms with Gasteiger partial charge in [-0.1, -0.05) is 46.8 Å². The average molecular weight is 214 g/mol. The van der Waals surface area contributed by atoms with Gasteiger partial charge in [0.1, 0.15) is 0 Å². The highest BCUT2D eigenvalue weighted by atomic mass is 35.6. The molecule has 11 heavy (non-hydrogen) atoms. The van der Waals surface area contributed by atoms with E-state index in [1.54, 1.807) is 6.08 Å². The summed E-state index contributed by atoms with van der Waals surface area (Å²) in [4.78, 5) is 0. The fourth-order valence-corrected chi connectivity index (χ4v) is 1.84. The van der Waals surface area contributed by atoms with Gasteiger partial charge in [0.05, 0.1) is 0 Å². The zero-order valence-electron chi connectivity index (χ0n) is 6.25. The van der Waals surface area contributed by atoms with Gasteiger partial charge in [0.25, 0.3) is 0 Å². The first kappa shape index (κ1) is 9.70. The SMILES string of the molecule is ClC(Cl)(Cl)C=C1CCCCC1. The Morgan fingerprint density at radius 1 is 1.00 bits per heavy atom. The van der Waals surface area contributed by atoms with Crippen LogP contribution in [0.4, 0.5) is 0 Å². The van der Waals surface area contributed by atoms with Crippen LogP contribution < -0.4 is 0 Å². The van der Waals surface area contributed by atoms with Crippen molar-refractivity contribution >= 4 is 34.8 Å². The van der Waals surface area contributed by atoms with Crippen LogP contribution in [-0.2, 0) is 0 Å². The maximum atomic E-state index is 5.62. The number of halogens is 3. The molecule has 0 atom stereocenters. The summed E-state index contributed by atoms with van der Waals surface area (Å²) in [6.45, 7) is 0. The normalized spacial score (nSPS) is 20.1. The lowest BCUT2D eigenvalue weighted by Crippen LogP contribution is -2.01. The molecule has 0 unspecified atom stereocenters. The molecule has 0 radical (unpaired) electrons. The lowest BCUT2D eigenvalue weighted by molar-refractivity contribution is 0.597. The van der Waals surface area contributed by atoms with Crippen molar-refractivity contribution in [1.29, 1.82) is 0 Å². The van der Waals surface area contributed by atoms with Gasteiger partial charge in [0.15, 0.2) is 0 Å². The van der Waals surface area contributed by atoms with Crippen molar-refractivity contribution in [3.05, 3.63) is 11.6 Å². The Labute approximate surface area is 82.5 Å². The second kappa shape index (κ2) is 4.02. The lowest BCUT2D eigenvalue weighted by Gasteiger charge is -2.15. The summed E-state index contributed by atoms with van der Waals surface area (Å²) < 4.78 is -1.19. The van der Waals surface area contributed by atoms with Gasteiger partial charge in [0.2, 0.25) is 3.79 Å². The third kappa shape index (κ3) is 4.25. The Hall–Kier alpha value is 0.610. The minimum Gasteiger partial charge on any atom is -0.0791 e. The zero-order chi connectivity index (χ0) is 8.32. The van der Waals surface area contributed by atoms with E-state index in [0.29, 0.717) is 0 Å². The van der Waals surface area contributed by atoms with Gasteiger partial charge in [-0.15, -0.1) is 0 Å². The Kier molecular flexibility index (Phi) is 3.54. The van der Waals surface area contributed by atoms with Crippen LogP contribution in [0.25, 0.3) is 0 Å². The molecule has 0 nitrogen and oxygen atoms in total. The molecule has 0 aromatic rings. The zero-order valence-corrected chi connectivity index (χ0v) is 8.51. The second-order valence-corrected chi connectivity index (χ2v) is 5.27. The van der Waals surface area contributed by atoms with Gasteiger partial charge < -0.3 is 0 Å². The molecule has 0 N–H and O–H groups in total. The van der Waals surface area contributed by atoms with E-state index in [-0.39, 0.29) is 0 Å². The van der Waals surface area contributed by atoms with Crippen molar-refractivity contribution in [2.75, 3.05) is 0 Å². The summed E-state index contributed by atoms with van der Waals surface area (Å²) in [6.07, 6.45) is 7.77. The summed E-state index contributed by atoms with van der Waals surface area (Å²) in [6, 6.07) is 0. The van der Waals surface area contributed by atoms with Crippen LogP contribution in [0.1, 0.15) is 32.1 Å². The predicted octanol–water partition coefficient (Wildman–Crippen LogP) is 4.25. The first-order valence-electron chi connectivity index (χ1n) is 3.85. The van der Waals surface area contributed by atoms with Gasteiger partial charge >= 0.3 is 0 Å². The molecule has 0 amide bonds. The van der Waals surface area contributed by atoms with E-state index < -0.39 is 3.79 Å². The smallest absolute Gasteiger partial charge is 0.0791 e. The standard InChI is InChI=1S/C8H11Cl3/c9-8(10,11)6-7-4-2-1-3-5-7/h6H,1-5H2. The minimum atomic E-state index is -1.19. The molecule has 0 spiro atoms. The molecule has 0 aliphatic heterocycles. The lowest BCUT2D eigenvalue weighted by atomic mass is 9.95. The van der Waals surface area contributed by atoms with E-state index in [0.717, 1.165) is 12.8 Å². The molecule has 1 aliphatic carbocycles. The molecular weight excluding hydrogens is 202 g/mol. The van der Waals surface area contributed by atoms with Crippen molar-refractivity contribution in [3.8, 4) is 0 Å². The van der Waals surface area contributed by atoms with Crippen LogP contribution in [0.15, 0.2) is 11.6 Å². The van der Waals surface area contributed by atoms with Gasteiger partial charge in [-0.25, -0.2) is 0 Å². The molecule has 0 aromatic heterocycles. The van der Waals surface area contributed by atoms with E-state index in [4.69, 9.17) is 34.8 Å². The molecule has 1 fully saturated rings. The van der Waals surface area contributed by atoms with E-state index >= 15 is 0 Å². The highest BCUT2D eigenvalue weighted by molar-refractivity contribution is 6.68. The van der Waals surface area contributed by atoms with Gasteiger partial charge in [-0.3, -0.25) is 0 Å². The Morgan fingerprint density at radius 3 is 2.00 bits per heavy atom. The average Bonchev–Trinajstić information content (AvgIpc) is 1.85. The van der Waals surface area contributed by atoms with Crippen molar-refractivity contribution in [3.63, 3.8) is 0 Å². The Balaban J connectivity index is 2.50. The van der Waals surface area contributed by atoms with Crippen molar-refractivity contribution < 1.29 is 0 Å². The molecule has 0 aromatic carbocycles. The number of rotatable bonds is 0. The highest BCUT2D eigenvalue weighted by Crippen LogP contribution is 2.33. The third-order valence-corrected chi connectivity index (χ3v) is 2.19. The molecule has 64 valence electrons. The molecule has 1 rings (SSSR count). The van der Waals surface area contributed by atoms with E-state index in [9.17, 15) is 0 Å². The van der Waals surface area contributed by atoms with Crippen LogP contribution in [0, 0.1) is 0 Å². The number of alkyl halides is 3. The topological polar surface area (TPSA) is 0 Å². The predicted molar refractivity (Wildman–Crippen MR) is 51.5 cm³/mol. The van der Waals surface area contributed by atoms with Crippen LogP contribution in [0.5, 0.6) is 0 Å². The fraction of sp³-hybridized carbons (Fsp3) is 0.750. The molecule has 3 heteroatoms. The van der Waals surface area contributed by atoms with Crippen LogP contribution >= 0.6 is 34.8 Å². The monoisotopic (exact) mass is 212 g/mol. The Morgan fingerprint density at radius 2 is 1.55 bits per heavy atom. The molecular formula is C8H11Cl3. The number of hydrogen-bond donors (Lipinski definition) is 0. The van der Waals surface area contributed by atoms with Crippen molar-refractivity contribution in [2.45, 2.75) is 35.9 Å². The van der Waals surface area contributed by atoms with Gasteiger partial charge in [0, 0.05) is 0 Å². The maximum Gasteiger partial charge on any atom is 0.209 e. The largest absolute Gasteiger partial charge is 0.209 e. The van der Waals surface area contributed by atoms with Crippen molar-refractivity contribution in [2.24, 2.45) is 0 Å². The second-order valence-electron chi connectivity index (χ2n) is 2.90. The first-order valence-corrected chi connectivity index (χ1v) is 4.99. The van der Waals surface area contributed by atoms with Crippen LogP contribution in [0.3, 0.4) is 0 Å². The maximum absolute atomic E-state index is 5.62. The Bertz CT molecular complexity index is 147. The van der Waals surface area contributed by atoms with E-state index in [1.807, 2.05) is 0 Å². The molecule has 1 saturated carbocycles. The van der Waals surface area contributed by atoms with Crippen molar-refractivity contribution in [1.82, 2.24) is 0 Å². The third-order valence-electron chi connectivity index (χ3n) is 1.86. The summed E-state index contributed by atoms with van der Waals surface area (Å²) in [5.41, 5.74) is 1.30. The first-order chi connectivity index (χ1) is 5.08. The van der Waals surface area contributed by atoms with E-state index in [2.05, 4.69) is 0 Å². The van der Waals surface area contributed by atoms with E-state index in [1.165, 1.54) is 24.8 Å². The quantitative estimate of drug-likeness (QED) is 0.417. The molecule has 0 heterocycles. The molecule has 0 bridgehead atoms. The summed E-state index contributed by atoms with van der Waals surface area (Å²) in [5.74, 6) is 0. The summed E-state index contributed by atoms with van der Waals surface area (Å²) in [7, 11) is 0. The number of hydrogen-bond acceptors (Lipinski definition) is 0. The minimum absolute atomic E-state index is 1.11. The molecule has 1 aliphatic rings. The van der Waals surface area contributed by atoms with Gasteiger partial charge in [-0.2, -0.15) is 0 Å². The fourth-order valence-electron chi connectivity index (χ4n) is 1.38. The molecule has 0 saturated heterocycles. The summed E-state index contributed by atoms with van der Waals surface area (Å²) in [5, 5.41) is 0. The van der Waals surface area contributed by atoms with Gasteiger partial charge in [-0.05, 0) is 31.8 Å².